The van der Waals surface area contributed by atoms with Gasteiger partial charge in [0.2, 0.25) is 0 Å². The fourth-order valence-electron chi connectivity index (χ4n) is 4.86. The van der Waals surface area contributed by atoms with Crippen molar-refractivity contribution >= 4 is 11.4 Å². The third kappa shape index (κ3) is 3.45. The fourth-order valence-corrected chi connectivity index (χ4v) is 4.86. The molecule has 148 valence electrons. The number of hydrogen-bond donors (Lipinski definition) is 0. The van der Waals surface area contributed by atoms with Crippen molar-refractivity contribution in [2.75, 3.05) is 22.9 Å². The Morgan fingerprint density at radius 1 is 0.786 bits per heavy atom. The van der Waals surface area contributed by atoms with Gasteiger partial charge in [-0.15, -0.1) is 0 Å². The van der Waals surface area contributed by atoms with Crippen LogP contribution in [0.15, 0.2) is 60.2 Å². The normalized spacial score (nSPS) is 22.0. The molecule has 0 bridgehead atoms. The molecular weight excluding hydrogens is 340 g/mol. The van der Waals surface area contributed by atoms with Gasteiger partial charge in [-0.25, -0.2) is 0 Å². The Morgan fingerprint density at radius 2 is 1.25 bits per heavy atom. The molecule has 4 rings (SSSR count). The summed E-state index contributed by atoms with van der Waals surface area (Å²) in [5, 5.41) is 0. The average molecular weight is 375 g/mol. The molecule has 0 radical (unpaired) electrons. The Bertz CT molecular complexity index is 792. The van der Waals surface area contributed by atoms with Crippen LogP contribution < -0.4 is 9.80 Å². The van der Waals surface area contributed by atoms with Crippen molar-refractivity contribution in [1.29, 1.82) is 0 Å². The minimum Gasteiger partial charge on any atom is -0.349 e. The predicted molar refractivity (Wildman–Crippen MR) is 121 cm³/mol. The van der Waals surface area contributed by atoms with Crippen molar-refractivity contribution in [2.45, 2.75) is 53.6 Å². The molecule has 2 aromatic rings. The number of benzene rings is 2. The van der Waals surface area contributed by atoms with E-state index in [-0.39, 0.29) is 0 Å². The molecule has 2 aliphatic rings. The standard InChI is InChI=1S/C26H34N2/c1-19-6-12-23(13-7-19)27-16-17-28(24-14-8-20(2)9-15-24)25(27)18-22-11-10-21(3)26(22,4)5/h6-10,12-15,22,25H,11,16-18H2,1-5H3/t22-/m0/s1. The zero-order valence-corrected chi connectivity index (χ0v) is 18.1. The molecule has 0 spiro atoms. The van der Waals surface area contributed by atoms with E-state index < -0.39 is 0 Å². The maximum Gasteiger partial charge on any atom is 0.102 e. The quantitative estimate of drug-likeness (QED) is 0.576. The molecule has 1 fully saturated rings. The summed E-state index contributed by atoms with van der Waals surface area (Å²) in [5.74, 6) is 0.691. The van der Waals surface area contributed by atoms with Crippen molar-refractivity contribution in [3.63, 3.8) is 0 Å². The van der Waals surface area contributed by atoms with Gasteiger partial charge < -0.3 is 9.80 Å². The molecule has 0 N–H and O–H groups in total. The number of hydrogen-bond acceptors (Lipinski definition) is 2. The summed E-state index contributed by atoms with van der Waals surface area (Å²) in [6, 6.07) is 18.2. The van der Waals surface area contributed by atoms with Gasteiger partial charge >= 0.3 is 0 Å². The van der Waals surface area contributed by atoms with Gasteiger partial charge in [-0.05, 0) is 69.2 Å². The Labute approximate surface area is 170 Å². The Hall–Kier alpha value is -2.22. The lowest BCUT2D eigenvalue weighted by molar-refractivity contribution is 0.259. The highest BCUT2D eigenvalue weighted by molar-refractivity contribution is 5.57. The van der Waals surface area contributed by atoms with E-state index in [1.54, 1.807) is 5.57 Å². The van der Waals surface area contributed by atoms with Crippen LogP contribution in [0.1, 0.15) is 44.7 Å². The maximum atomic E-state index is 2.63. The van der Waals surface area contributed by atoms with E-state index in [4.69, 9.17) is 0 Å². The molecule has 0 saturated carbocycles. The van der Waals surface area contributed by atoms with Gasteiger partial charge in [-0.1, -0.05) is 60.9 Å². The number of rotatable bonds is 4. The highest BCUT2D eigenvalue weighted by Crippen LogP contribution is 2.47. The van der Waals surface area contributed by atoms with Crippen LogP contribution in [0.4, 0.5) is 11.4 Å². The molecule has 2 heteroatoms. The highest BCUT2D eigenvalue weighted by Gasteiger charge is 2.41. The van der Waals surface area contributed by atoms with Crippen molar-refractivity contribution in [2.24, 2.45) is 11.3 Å². The first-order valence-electron chi connectivity index (χ1n) is 10.7. The van der Waals surface area contributed by atoms with E-state index in [1.807, 2.05) is 0 Å². The first-order chi connectivity index (χ1) is 13.4. The highest BCUT2D eigenvalue weighted by atomic mass is 15.4. The van der Waals surface area contributed by atoms with Crippen LogP contribution in [0.25, 0.3) is 0 Å². The van der Waals surface area contributed by atoms with Crippen molar-refractivity contribution in [3.05, 3.63) is 71.3 Å². The molecule has 28 heavy (non-hydrogen) atoms. The second kappa shape index (κ2) is 7.31. The molecule has 1 aliphatic carbocycles. The van der Waals surface area contributed by atoms with E-state index in [0.717, 1.165) is 13.1 Å². The van der Waals surface area contributed by atoms with Crippen LogP contribution >= 0.6 is 0 Å². The molecule has 2 nitrogen and oxygen atoms in total. The van der Waals surface area contributed by atoms with Crippen molar-refractivity contribution < 1.29 is 0 Å². The van der Waals surface area contributed by atoms with Gasteiger partial charge in [-0.2, -0.15) is 0 Å². The summed E-state index contributed by atoms with van der Waals surface area (Å²) in [6.45, 7) is 13.7. The molecule has 0 amide bonds. The molecule has 0 unspecified atom stereocenters. The lowest BCUT2D eigenvalue weighted by Gasteiger charge is -2.38. The molecule has 0 aromatic heterocycles. The van der Waals surface area contributed by atoms with E-state index in [0.29, 0.717) is 17.5 Å². The van der Waals surface area contributed by atoms with Crippen molar-refractivity contribution in [1.82, 2.24) is 0 Å². The zero-order valence-electron chi connectivity index (χ0n) is 18.1. The van der Waals surface area contributed by atoms with Gasteiger partial charge in [-0.3, -0.25) is 0 Å². The van der Waals surface area contributed by atoms with E-state index in [9.17, 15) is 0 Å². The summed E-state index contributed by atoms with van der Waals surface area (Å²) in [7, 11) is 0. The van der Waals surface area contributed by atoms with Crippen molar-refractivity contribution in [3.8, 4) is 0 Å². The second-order valence-electron chi connectivity index (χ2n) is 9.32. The Kier molecular flexibility index (Phi) is 4.99. The monoisotopic (exact) mass is 374 g/mol. The number of aryl methyl sites for hydroxylation is 2. The number of nitrogens with zero attached hydrogens (tertiary/aromatic N) is 2. The first kappa shape index (κ1) is 19.1. The van der Waals surface area contributed by atoms with Crippen LogP contribution in [0.3, 0.4) is 0 Å². The summed E-state index contributed by atoms with van der Waals surface area (Å²) in [5.41, 5.74) is 7.20. The van der Waals surface area contributed by atoms with E-state index in [1.165, 1.54) is 35.3 Å². The van der Waals surface area contributed by atoms with Gasteiger partial charge in [0.25, 0.3) is 0 Å². The van der Waals surface area contributed by atoms with Gasteiger partial charge in [0, 0.05) is 24.5 Å². The second-order valence-corrected chi connectivity index (χ2v) is 9.32. The first-order valence-corrected chi connectivity index (χ1v) is 10.7. The predicted octanol–water partition coefficient (Wildman–Crippen LogP) is 6.34. The number of anilines is 2. The summed E-state index contributed by atoms with van der Waals surface area (Å²) >= 11 is 0. The SMILES string of the molecule is CC1=CC[C@@H](CC2N(c3ccc(C)cc3)CCN2c2ccc(C)cc2)C1(C)C. The molecular formula is C26H34N2. The largest absolute Gasteiger partial charge is 0.349 e. The van der Waals surface area contributed by atoms with Crippen LogP contribution in [-0.2, 0) is 0 Å². The Balaban J connectivity index is 1.65. The summed E-state index contributed by atoms with van der Waals surface area (Å²) in [6.07, 6.45) is 5.28. The van der Waals surface area contributed by atoms with Crippen LogP contribution in [0.5, 0.6) is 0 Å². The molecule has 2 aromatic carbocycles. The third-order valence-corrected chi connectivity index (χ3v) is 7.27. The van der Waals surface area contributed by atoms with E-state index >= 15 is 0 Å². The summed E-state index contributed by atoms with van der Waals surface area (Å²) < 4.78 is 0. The topological polar surface area (TPSA) is 6.48 Å². The molecule has 1 aliphatic heterocycles. The lowest BCUT2D eigenvalue weighted by atomic mass is 9.75. The summed E-state index contributed by atoms with van der Waals surface area (Å²) in [4.78, 5) is 5.26. The zero-order chi connectivity index (χ0) is 19.9. The van der Waals surface area contributed by atoms with E-state index in [2.05, 4.69) is 99.0 Å². The van der Waals surface area contributed by atoms with Crippen LogP contribution in [0.2, 0.25) is 0 Å². The lowest BCUT2D eigenvalue weighted by Crippen LogP contribution is -2.42. The van der Waals surface area contributed by atoms with Gasteiger partial charge in [0.15, 0.2) is 0 Å². The van der Waals surface area contributed by atoms with Crippen LogP contribution in [-0.4, -0.2) is 19.3 Å². The smallest absolute Gasteiger partial charge is 0.102 e. The molecule has 1 saturated heterocycles. The van der Waals surface area contributed by atoms with Gasteiger partial charge in [0.05, 0.1) is 0 Å². The Morgan fingerprint density at radius 3 is 1.64 bits per heavy atom. The fraction of sp³-hybridized carbons (Fsp3) is 0.462. The van der Waals surface area contributed by atoms with Gasteiger partial charge in [0.1, 0.15) is 6.17 Å². The molecule has 1 heterocycles. The maximum absolute atomic E-state index is 2.63. The third-order valence-electron chi connectivity index (χ3n) is 7.27. The minimum atomic E-state index is 0.292. The number of allylic oxidation sites excluding steroid dienone is 2. The molecule has 1 atom stereocenters. The van der Waals surface area contributed by atoms with Crippen LogP contribution in [0, 0.1) is 25.2 Å². The average Bonchev–Trinajstić information content (AvgIpc) is 3.19. The minimum absolute atomic E-state index is 0.292.